The van der Waals surface area contributed by atoms with E-state index in [0.29, 0.717) is 18.5 Å². The summed E-state index contributed by atoms with van der Waals surface area (Å²) in [7, 11) is 0. The zero-order valence-electron chi connectivity index (χ0n) is 18.2. The summed E-state index contributed by atoms with van der Waals surface area (Å²) >= 11 is 0. The first-order chi connectivity index (χ1) is 15.7. The van der Waals surface area contributed by atoms with Gasteiger partial charge in [0.2, 0.25) is 11.8 Å². The average Bonchev–Trinajstić information content (AvgIpc) is 2.77. The van der Waals surface area contributed by atoms with Crippen molar-refractivity contribution in [2.45, 2.75) is 51.6 Å². The monoisotopic (exact) mass is 468 g/mol. The summed E-state index contributed by atoms with van der Waals surface area (Å²) in [4.78, 5) is 18.9. The molecule has 0 atom stereocenters. The van der Waals surface area contributed by atoms with Crippen LogP contribution in [0.3, 0.4) is 0 Å². The summed E-state index contributed by atoms with van der Waals surface area (Å²) < 4.78 is 41.9. The van der Waals surface area contributed by atoms with E-state index in [-0.39, 0.29) is 35.3 Å². The zero-order valence-corrected chi connectivity index (χ0v) is 18.2. The van der Waals surface area contributed by atoms with Crippen LogP contribution in [0.4, 0.5) is 30.6 Å². The molecule has 1 aromatic carbocycles. The number of anilines is 2. The molecule has 1 aliphatic carbocycles. The standard InChI is InChI=1S/C21H27F3N6O3/c1-2-25-16-9-7-14(8-10-16)11-26-19-17(30(31)32)13-28-20(29-19)27-12-15-5-3-4-6-18(15)33-21(22,23)24/h3-6,13-14,16,25H,2,7-12H2,1H3,(H2,26,27,28,29). The summed E-state index contributed by atoms with van der Waals surface area (Å²) in [5, 5.41) is 20.7. The molecule has 12 heteroatoms. The number of ether oxygens (including phenoxy) is 1. The second-order valence-corrected chi connectivity index (χ2v) is 7.85. The van der Waals surface area contributed by atoms with Gasteiger partial charge in [-0.15, -0.1) is 13.2 Å². The quantitative estimate of drug-likeness (QED) is 0.346. The minimum Gasteiger partial charge on any atom is -0.405 e. The van der Waals surface area contributed by atoms with Crippen molar-refractivity contribution in [2.75, 3.05) is 23.7 Å². The second kappa shape index (κ2) is 11.1. The third-order valence-corrected chi connectivity index (χ3v) is 5.50. The van der Waals surface area contributed by atoms with E-state index in [0.717, 1.165) is 38.4 Å². The predicted octanol–water partition coefficient (Wildman–Crippen LogP) is 4.48. The summed E-state index contributed by atoms with van der Waals surface area (Å²) in [5.74, 6) is 0.162. The van der Waals surface area contributed by atoms with Gasteiger partial charge in [-0.3, -0.25) is 10.1 Å². The fourth-order valence-electron chi connectivity index (χ4n) is 3.87. The van der Waals surface area contributed by atoms with E-state index in [9.17, 15) is 23.3 Å². The maximum absolute atomic E-state index is 12.6. The van der Waals surface area contributed by atoms with Gasteiger partial charge >= 0.3 is 12.0 Å². The lowest BCUT2D eigenvalue weighted by molar-refractivity contribution is -0.384. The molecule has 2 aromatic rings. The molecule has 3 N–H and O–H groups in total. The Morgan fingerprint density at radius 1 is 1.18 bits per heavy atom. The highest BCUT2D eigenvalue weighted by atomic mass is 19.4. The first kappa shape index (κ1) is 24.5. The van der Waals surface area contributed by atoms with Crippen molar-refractivity contribution in [2.24, 2.45) is 5.92 Å². The Morgan fingerprint density at radius 3 is 2.58 bits per heavy atom. The van der Waals surface area contributed by atoms with E-state index in [2.05, 4.69) is 37.6 Å². The molecule has 1 aliphatic rings. The van der Waals surface area contributed by atoms with Gasteiger partial charge in [-0.2, -0.15) is 4.98 Å². The minimum atomic E-state index is -4.82. The Morgan fingerprint density at radius 2 is 1.91 bits per heavy atom. The number of aromatic nitrogens is 2. The third kappa shape index (κ3) is 7.45. The SMILES string of the molecule is CCNC1CCC(CNc2nc(NCc3ccccc3OC(F)(F)F)ncc2[N+](=O)[O-])CC1. The maximum Gasteiger partial charge on any atom is 0.573 e. The number of halogens is 3. The van der Waals surface area contributed by atoms with Crippen molar-refractivity contribution < 1.29 is 22.8 Å². The van der Waals surface area contributed by atoms with Crippen LogP contribution < -0.4 is 20.7 Å². The van der Waals surface area contributed by atoms with Crippen LogP contribution in [0.5, 0.6) is 5.75 Å². The Balaban J connectivity index is 1.64. The predicted molar refractivity (Wildman–Crippen MR) is 117 cm³/mol. The van der Waals surface area contributed by atoms with E-state index in [1.807, 2.05) is 0 Å². The number of para-hydroxylation sites is 1. The molecule has 0 bridgehead atoms. The first-order valence-electron chi connectivity index (χ1n) is 10.8. The number of nitrogens with zero attached hydrogens (tertiary/aromatic N) is 3. The van der Waals surface area contributed by atoms with Crippen molar-refractivity contribution >= 4 is 17.5 Å². The van der Waals surface area contributed by atoms with Gasteiger partial charge in [0.05, 0.1) is 4.92 Å². The molecule has 0 unspecified atom stereocenters. The molecule has 0 aliphatic heterocycles. The lowest BCUT2D eigenvalue weighted by Crippen LogP contribution is -2.34. The molecule has 0 saturated heterocycles. The molecule has 3 rings (SSSR count). The average molecular weight is 468 g/mol. The van der Waals surface area contributed by atoms with Crippen LogP contribution in [0.1, 0.15) is 38.2 Å². The van der Waals surface area contributed by atoms with Gasteiger partial charge in [0.25, 0.3) is 0 Å². The fourth-order valence-corrected chi connectivity index (χ4v) is 3.87. The van der Waals surface area contributed by atoms with Crippen LogP contribution in [0.15, 0.2) is 30.5 Å². The van der Waals surface area contributed by atoms with Crippen LogP contribution in [0, 0.1) is 16.0 Å². The molecule has 180 valence electrons. The third-order valence-electron chi connectivity index (χ3n) is 5.50. The number of rotatable bonds is 10. The second-order valence-electron chi connectivity index (χ2n) is 7.85. The highest BCUT2D eigenvalue weighted by Gasteiger charge is 2.32. The number of alkyl halides is 3. The van der Waals surface area contributed by atoms with Gasteiger partial charge in [-0.25, -0.2) is 4.98 Å². The van der Waals surface area contributed by atoms with Crippen LogP contribution >= 0.6 is 0 Å². The van der Waals surface area contributed by atoms with E-state index >= 15 is 0 Å². The van der Waals surface area contributed by atoms with Gasteiger partial charge in [0.1, 0.15) is 11.9 Å². The Kier molecular flexibility index (Phi) is 8.26. The molecule has 33 heavy (non-hydrogen) atoms. The van der Waals surface area contributed by atoms with Crippen LogP contribution in [-0.4, -0.2) is 40.4 Å². The first-order valence-corrected chi connectivity index (χ1v) is 10.8. The molecular formula is C21H27F3N6O3. The van der Waals surface area contributed by atoms with Gasteiger partial charge in [-0.05, 0) is 44.2 Å². The summed E-state index contributed by atoms with van der Waals surface area (Å²) in [6.07, 6.45) is 0.381. The van der Waals surface area contributed by atoms with E-state index in [1.165, 1.54) is 18.2 Å². The molecule has 9 nitrogen and oxygen atoms in total. The van der Waals surface area contributed by atoms with Crippen LogP contribution in [0.25, 0.3) is 0 Å². The van der Waals surface area contributed by atoms with Crippen molar-refractivity contribution in [3.05, 3.63) is 46.1 Å². The zero-order chi connectivity index (χ0) is 23.8. The molecule has 1 aromatic heterocycles. The van der Waals surface area contributed by atoms with Crippen molar-refractivity contribution in [1.29, 1.82) is 0 Å². The maximum atomic E-state index is 12.6. The summed E-state index contributed by atoms with van der Waals surface area (Å²) in [5.41, 5.74) is -0.0218. The highest BCUT2D eigenvalue weighted by molar-refractivity contribution is 5.57. The van der Waals surface area contributed by atoms with Gasteiger partial charge in [0.15, 0.2) is 0 Å². The lowest BCUT2D eigenvalue weighted by Gasteiger charge is -2.29. The lowest BCUT2D eigenvalue weighted by atomic mass is 9.86. The molecule has 0 radical (unpaired) electrons. The van der Waals surface area contributed by atoms with Crippen LogP contribution in [-0.2, 0) is 6.54 Å². The number of hydrogen-bond donors (Lipinski definition) is 3. The fraction of sp³-hybridized carbons (Fsp3) is 0.524. The van der Waals surface area contributed by atoms with Crippen molar-refractivity contribution in [3.63, 3.8) is 0 Å². The number of benzene rings is 1. The molecular weight excluding hydrogens is 441 g/mol. The van der Waals surface area contributed by atoms with Gasteiger partial charge < -0.3 is 20.7 Å². The van der Waals surface area contributed by atoms with Crippen molar-refractivity contribution in [1.82, 2.24) is 15.3 Å². The summed E-state index contributed by atoms with van der Waals surface area (Å²) in [6.45, 7) is 3.50. The molecule has 1 saturated carbocycles. The van der Waals surface area contributed by atoms with Crippen molar-refractivity contribution in [3.8, 4) is 5.75 Å². The Bertz CT molecular complexity index is 936. The minimum absolute atomic E-state index is 0.0563. The largest absolute Gasteiger partial charge is 0.573 e. The van der Waals surface area contributed by atoms with E-state index < -0.39 is 11.3 Å². The smallest absolute Gasteiger partial charge is 0.405 e. The highest BCUT2D eigenvalue weighted by Crippen LogP contribution is 2.29. The molecule has 0 spiro atoms. The Hall–Kier alpha value is -3.15. The molecule has 1 heterocycles. The Labute approximate surface area is 189 Å². The van der Waals surface area contributed by atoms with Gasteiger partial charge in [-0.1, -0.05) is 25.1 Å². The van der Waals surface area contributed by atoms with E-state index in [1.54, 1.807) is 6.07 Å². The number of nitrogens with one attached hydrogen (secondary N) is 3. The molecule has 0 amide bonds. The van der Waals surface area contributed by atoms with E-state index in [4.69, 9.17) is 0 Å². The normalized spacial score (nSPS) is 18.5. The number of hydrogen-bond acceptors (Lipinski definition) is 8. The number of nitro groups is 1. The summed E-state index contributed by atoms with van der Waals surface area (Å²) in [6, 6.07) is 6.20. The van der Waals surface area contributed by atoms with Gasteiger partial charge in [0, 0.05) is 24.7 Å². The van der Waals surface area contributed by atoms with Crippen LogP contribution in [0.2, 0.25) is 0 Å². The molecule has 1 fully saturated rings. The topological polar surface area (TPSA) is 114 Å².